The number of aryl methyl sites for hydroxylation is 1. The highest BCUT2D eigenvalue weighted by molar-refractivity contribution is 5.94. The van der Waals surface area contributed by atoms with Crippen LogP contribution in [0.1, 0.15) is 49.4 Å². The summed E-state index contributed by atoms with van der Waals surface area (Å²) in [5.41, 5.74) is 1.03. The summed E-state index contributed by atoms with van der Waals surface area (Å²) in [6.07, 6.45) is 2.79. The molecule has 2 aromatic heterocycles. The molecule has 3 heterocycles. The number of nitrogens with zero attached hydrogens (tertiary/aromatic N) is 3. The Balaban J connectivity index is 1.52. The fourth-order valence-electron chi connectivity index (χ4n) is 3.84. The van der Waals surface area contributed by atoms with E-state index in [1.165, 1.54) is 12.8 Å². The molecule has 0 spiro atoms. The van der Waals surface area contributed by atoms with Gasteiger partial charge >= 0.3 is 0 Å². The van der Waals surface area contributed by atoms with Crippen molar-refractivity contribution < 1.29 is 14.0 Å². The van der Waals surface area contributed by atoms with Crippen LogP contribution < -0.4 is 0 Å². The molecule has 2 aliphatic rings. The Hall–Kier alpha value is -2.57. The maximum absolute atomic E-state index is 13.1. The van der Waals surface area contributed by atoms with E-state index in [1.54, 1.807) is 11.0 Å². The van der Waals surface area contributed by atoms with E-state index < -0.39 is 0 Å². The van der Waals surface area contributed by atoms with Crippen molar-refractivity contribution in [2.75, 3.05) is 19.6 Å². The van der Waals surface area contributed by atoms with Crippen LogP contribution in [0.4, 0.5) is 0 Å². The monoisotopic (exact) mass is 384 g/mol. The van der Waals surface area contributed by atoms with E-state index in [0.717, 1.165) is 12.3 Å². The molecule has 2 aromatic rings. The highest BCUT2D eigenvalue weighted by Gasteiger charge is 2.37. The zero-order chi connectivity index (χ0) is 19.8. The van der Waals surface area contributed by atoms with E-state index in [-0.39, 0.29) is 23.8 Å². The van der Waals surface area contributed by atoms with Crippen LogP contribution in [-0.2, 0) is 4.79 Å². The van der Waals surface area contributed by atoms with Crippen molar-refractivity contribution in [1.29, 1.82) is 0 Å². The summed E-state index contributed by atoms with van der Waals surface area (Å²) in [6.45, 7) is 7.93. The topological polar surface area (TPSA) is 82.4 Å². The number of hydrogen-bond acceptors (Lipinski definition) is 4. The molecule has 1 unspecified atom stereocenters. The van der Waals surface area contributed by atoms with Crippen molar-refractivity contribution in [3.63, 3.8) is 0 Å². The molecule has 28 heavy (non-hydrogen) atoms. The minimum absolute atomic E-state index is 0.0469. The number of nitrogens with one attached hydrogen (secondary N) is 1. The van der Waals surface area contributed by atoms with Gasteiger partial charge in [0.15, 0.2) is 11.5 Å². The second kappa shape index (κ2) is 7.45. The van der Waals surface area contributed by atoms with Crippen LogP contribution in [0.2, 0.25) is 0 Å². The lowest BCUT2D eigenvalue weighted by Crippen LogP contribution is -2.48. The molecule has 7 nitrogen and oxygen atoms in total. The maximum atomic E-state index is 13.1. The van der Waals surface area contributed by atoms with Gasteiger partial charge in [0.2, 0.25) is 5.91 Å². The third-order valence-corrected chi connectivity index (χ3v) is 5.74. The molecule has 4 rings (SSSR count). The van der Waals surface area contributed by atoms with Gasteiger partial charge in [0.05, 0.1) is 6.04 Å². The number of amides is 2. The first kappa shape index (κ1) is 18.8. The molecule has 1 aliphatic heterocycles. The zero-order valence-corrected chi connectivity index (χ0v) is 16.8. The number of carbonyl (C=O) groups is 2. The standard InChI is InChI=1S/C21H28N4O3/c1-13(2)18-12-24(9-8-20(26)25(18)11-15-5-6-15)21(27)17-10-16(22-23-17)19-7-4-14(3)28-19/h4,7,10,13,15,18H,5-6,8-9,11-12H2,1-3H3,(H,22,23). The van der Waals surface area contributed by atoms with Crippen LogP contribution in [0.3, 0.4) is 0 Å². The van der Waals surface area contributed by atoms with E-state index >= 15 is 0 Å². The van der Waals surface area contributed by atoms with Crippen molar-refractivity contribution in [3.05, 3.63) is 29.7 Å². The molecular weight excluding hydrogens is 356 g/mol. The van der Waals surface area contributed by atoms with Gasteiger partial charge < -0.3 is 14.2 Å². The van der Waals surface area contributed by atoms with Gasteiger partial charge in [-0.2, -0.15) is 5.10 Å². The van der Waals surface area contributed by atoms with Gasteiger partial charge in [0, 0.05) is 32.1 Å². The second-order valence-electron chi connectivity index (χ2n) is 8.38. The SMILES string of the molecule is Cc1ccc(-c2cc(C(=O)N3CCC(=O)N(CC4CC4)C(C(C)C)C3)n[nH]2)o1. The van der Waals surface area contributed by atoms with Gasteiger partial charge in [-0.1, -0.05) is 13.8 Å². The van der Waals surface area contributed by atoms with Crippen molar-refractivity contribution in [2.45, 2.75) is 46.1 Å². The second-order valence-corrected chi connectivity index (χ2v) is 8.38. The van der Waals surface area contributed by atoms with Crippen molar-refractivity contribution in [3.8, 4) is 11.5 Å². The summed E-state index contributed by atoms with van der Waals surface area (Å²) in [6, 6.07) is 5.50. The summed E-state index contributed by atoms with van der Waals surface area (Å²) in [4.78, 5) is 29.6. The minimum Gasteiger partial charge on any atom is -0.460 e. The molecule has 0 radical (unpaired) electrons. The minimum atomic E-state index is -0.141. The smallest absolute Gasteiger partial charge is 0.274 e. The molecule has 2 fully saturated rings. The number of rotatable bonds is 5. The number of carbonyl (C=O) groups excluding carboxylic acids is 2. The third kappa shape index (κ3) is 3.84. The van der Waals surface area contributed by atoms with Crippen LogP contribution in [0.5, 0.6) is 0 Å². The van der Waals surface area contributed by atoms with Crippen LogP contribution in [0.25, 0.3) is 11.5 Å². The van der Waals surface area contributed by atoms with Crippen molar-refractivity contribution in [1.82, 2.24) is 20.0 Å². The van der Waals surface area contributed by atoms with E-state index in [1.807, 2.05) is 24.0 Å². The van der Waals surface area contributed by atoms with Gasteiger partial charge in [0.25, 0.3) is 5.91 Å². The lowest BCUT2D eigenvalue weighted by molar-refractivity contribution is -0.133. The molecular formula is C21H28N4O3. The van der Waals surface area contributed by atoms with Crippen LogP contribution in [0.15, 0.2) is 22.6 Å². The summed E-state index contributed by atoms with van der Waals surface area (Å²) in [7, 11) is 0. The predicted octanol–water partition coefficient (Wildman–Crippen LogP) is 3.09. The Morgan fingerprint density at radius 1 is 1.36 bits per heavy atom. The zero-order valence-electron chi connectivity index (χ0n) is 16.8. The number of furan rings is 1. The molecule has 1 saturated carbocycles. The number of H-pyrrole nitrogens is 1. The molecule has 1 saturated heterocycles. The first-order valence-corrected chi connectivity index (χ1v) is 10.1. The van der Waals surface area contributed by atoms with Gasteiger partial charge in [0.1, 0.15) is 11.5 Å². The third-order valence-electron chi connectivity index (χ3n) is 5.74. The van der Waals surface area contributed by atoms with Crippen molar-refractivity contribution >= 4 is 11.8 Å². The molecule has 0 aromatic carbocycles. The van der Waals surface area contributed by atoms with E-state index in [4.69, 9.17) is 4.42 Å². The number of hydrogen-bond donors (Lipinski definition) is 1. The van der Waals surface area contributed by atoms with E-state index in [2.05, 4.69) is 24.0 Å². The van der Waals surface area contributed by atoms with Gasteiger partial charge in [-0.25, -0.2) is 0 Å². The summed E-state index contributed by atoms with van der Waals surface area (Å²) in [5, 5.41) is 7.09. The summed E-state index contributed by atoms with van der Waals surface area (Å²) in [5.74, 6) is 2.41. The molecule has 0 bridgehead atoms. The normalized spacial score (nSPS) is 20.7. The average Bonchev–Trinajstić information content (AvgIpc) is 3.21. The van der Waals surface area contributed by atoms with Crippen LogP contribution in [0, 0.1) is 18.8 Å². The Kier molecular flexibility index (Phi) is 5.00. The molecule has 1 N–H and O–H groups in total. The first-order valence-electron chi connectivity index (χ1n) is 10.1. The number of aromatic amines is 1. The molecule has 1 atom stereocenters. The molecule has 2 amide bonds. The van der Waals surface area contributed by atoms with Gasteiger partial charge in [-0.3, -0.25) is 14.7 Å². The Bertz CT molecular complexity index is 865. The van der Waals surface area contributed by atoms with Gasteiger partial charge in [-0.15, -0.1) is 0 Å². The van der Waals surface area contributed by atoms with Gasteiger partial charge in [-0.05, 0) is 43.7 Å². The Morgan fingerprint density at radius 3 is 2.79 bits per heavy atom. The predicted molar refractivity (Wildman–Crippen MR) is 105 cm³/mol. The lowest BCUT2D eigenvalue weighted by atomic mass is 10.0. The van der Waals surface area contributed by atoms with Crippen LogP contribution in [-0.4, -0.2) is 57.5 Å². The van der Waals surface area contributed by atoms with E-state index in [0.29, 0.717) is 42.6 Å². The summed E-state index contributed by atoms with van der Waals surface area (Å²) >= 11 is 0. The Morgan fingerprint density at radius 2 is 2.14 bits per heavy atom. The maximum Gasteiger partial charge on any atom is 0.274 e. The average molecular weight is 384 g/mol. The quantitative estimate of drug-likeness (QED) is 0.859. The van der Waals surface area contributed by atoms with Crippen LogP contribution >= 0.6 is 0 Å². The lowest BCUT2D eigenvalue weighted by Gasteiger charge is -2.34. The summed E-state index contributed by atoms with van der Waals surface area (Å²) < 4.78 is 5.60. The largest absolute Gasteiger partial charge is 0.460 e. The number of aromatic nitrogens is 2. The highest BCUT2D eigenvalue weighted by Crippen LogP contribution is 2.32. The molecule has 150 valence electrons. The molecule has 1 aliphatic carbocycles. The first-order chi connectivity index (χ1) is 13.4. The fraction of sp³-hybridized carbons (Fsp3) is 0.571. The van der Waals surface area contributed by atoms with E-state index in [9.17, 15) is 9.59 Å². The highest BCUT2D eigenvalue weighted by atomic mass is 16.3. The fourth-order valence-corrected chi connectivity index (χ4v) is 3.84. The Labute approximate surface area is 165 Å². The molecule has 7 heteroatoms. The van der Waals surface area contributed by atoms with Crippen molar-refractivity contribution in [2.24, 2.45) is 11.8 Å².